The first kappa shape index (κ1) is 19.4. The fourth-order valence-corrected chi connectivity index (χ4v) is 2.21. The van der Waals surface area contributed by atoms with Gasteiger partial charge in [0, 0.05) is 11.8 Å². The number of benzene rings is 2. The van der Waals surface area contributed by atoms with Gasteiger partial charge in [0.25, 0.3) is 5.91 Å². The van der Waals surface area contributed by atoms with Gasteiger partial charge in [-0.15, -0.1) is 0 Å². The molecule has 0 saturated heterocycles. The van der Waals surface area contributed by atoms with Crippen LogP contribution in [0.15, 0.2) is 54.6 Å². The van der Waals surface area contributed by atoms with Crippen LogP contribution >= 0.6 is 0 Å². The summed E-state index contributed by atoms with van der Waals surface area (Å²) in [6, 6.07) is 13.3. The zero-order valence-corrected chi connectivity index (χ0v) is 15.1. The number of anilines is 1. The summed E-state index contributed by atoms with van der Waals surface area (Å²) in [6.07, 6.45) is 2.58. The largest absolute Gasteiger partial charge is 0.452 e. The standard InChI is InChI=1S/C21H22FNO3/c1-21(2,3)16-8-10-18(11-9-16)23-19(24)14-26-20(25)12-7-15-5-4-6-17(22)13-15/h4-13H,14H2,1-3H3,(H,23,24)/b12-7+. The molecule has 0 aromatic heterocycles. The van der Waals surface area contributed by atoms with Gasteiger partial charge >= 0.3 is 5.97 Å². The molecule has 2 aromatic rings. The van der Waals surface area contributed by atoms with Gasteiger partial charge in [0.1, 0.15) is 5.82 Å². The zero-order chi connectivity index (χ0) is 19.2. The maximum Gasteiger partial charge on any atom is 0.331 e. The predicted octanol–water partition coefficient (Wildman–Crippen LogP) is 4.32. The average molecular weight is 355 g/mol. The number of halogens is 1. The van der Waals surface area contributed by atoms with Gasteiger partial charge in [-0.05, 0) is 46.9 Å². The molecule has 0 radical (unpaired) electrons. The van der Waals surface area contributed by atoms with Crippen LogP contribution in [0.5, 0.6) is 0 Å². The van der Waals surface area contributed by atoms with Gasteiger partial charge in [0.05, 0.1) is 0 Å². The van der Waals surface area contributed by atoms with Crippen molar-refractivity contribution in [3.8, 4) is 0 Å². The van der Waals surface area contributed by atoms with Crippen LogP contribution in [0.3, 0.4) is 0 Å². The Balaban J connectivity index is 1.82. The van der Waals surface area contributed by atoms with Crippen molar-refractivity contribution in [3.63, 3.8) is 0 Å². The van der Waals surface area contributed by atoms with Crippen molar-refractivity contribution in [1.29, 1.82) is 0 Å². The second-order valence-electron chi connectivity index (χ2n) is 6.87. The molecule has 2 aromatic carbocycles. The fourth-order valence-electron chi connectivity index (χ4n) is 2.21. The van der Waals surface area contributed by atoms with Crippen LogP contribution in [0.4, 0.5) is 10.1 Å². The molecule has 0 aliphatic rings. The summed E-state index contributed by atoms with van der Waals surface area (Å²) in [5, 5.41) is 2.67. The van der Waals surface area contributed by atoms with E-state index < -0.39 is 24.3 Å². The summed E-state index contributed by atoms with van der Waals surface area (Å²) in [7, 11) is 0. The van der Waals surface area contributed by atoms with Gasteiger partial charge < -0.3 is 10.1 Å². The Morgan fingerprint density at radius 2 is 1.81 bits per heavy atom. The molecule has 5 heteroatoms. The van der Waals surface area contributed by atoms with E-state index in [1.165, 1.54) is 18.2 Å². The van der Waals surface area contributed by atoms with Crippen LogP contribution in [-0.2, 0) is 19.7 Å². The van der Waals surface area contributed by atoms with Gasteiger partial charge in [0.2, 0.25) is 0 Å². The lowest BCUT2D eigenvalue weighted by Crippen LogP contribution is -2.20. The number of hydrogen-bond acceptors (Lipinski definition) is 3. The van der Waals surface area contributed by atoms with Crippen molar-refractivity contribution < 1.29 is 18.7 Å². The minimum atomic E-state index is -0.674. The third-order valence-electron chi connectivity index (χ3n) is 3.64. The van der Waals surface area contributed by atoms with E-state index in [-0.39, 0.29) is 5.41 Å². The predicted molar refractivity (Wildman–Crippen MR) is 100 cm³/mol. The molecule has 4 nitrogen and oxygen atoms in total. The van der Waals surface area contributed by atoms with Gasteiger partial charge in [-0.25, -0.2) is 9.18 Å². The topological polar surface area (TPSA) is 55.4 Å². The first-order chi connectivity index (χ1) is 12.2. The molecular formula is C21H22FNO3. The highest BCUT2D eigenvalue weighted by Gasteiger charge is 2.13. The van der Waals surface area contributed by atoms with E-state index in [1.807, 2.05) is 24.3 Å². The van der Waals surface area contributed by atoms with Gasteiger partial charge in [0.15, 0.2) is 6.61 Å². The van der Waals surface area contributed by atoms with Crippen molar-refractivity contribution in [1.82, 2.24) is 0 Å². The summed E-state index contributed by atoms with van der Waals surface area (Å²) < 4.78 is 17.9. The number of amides is 1. The second-order valence-corrected chi connectivity index (χ2v) is 6.87. The zero-order valence-electron chi connectivity index (χ0n) is 15.1. The smallest absolute Gasteiger partial charge is 0.331 e. The third-order valence-corrected chi connectivity index (χ3v) is 3.64. The fraction of sp³-hybridized carbons (Fsp3) is 0.238. The van der Waals surface area contributed by atoms with Crippen molar-refractivity contribution in [2.75, 3.05) is 11.9 Å². The molecule has 0 atom stereocenters. The molecule has 0 fully saturated rings. The maximum absolute atomic E-state index is 13.0. The number of rotatable bonds is 5. The van der Waals surface area contributed by atoms with E-state index in [2.05, 4.69) is 26.1 Å². The van der Waals surface area contributed by atoms with E-state index >= 15 is 0 Å². The van der Waals surface area contributed by atoms with Gasteiger partial charge in [-0.1, -0.05) is 45.0 Å². The molecule has 1 N–H and O–H groups in total. The summed E-state index contributed by atoms with van der Waals surface area (Å²) in [6.45, 7) is 5.93. The number of esters is 1. The normalized spacial score (nSPS) is 11.4. The van der Waals surface area contributed by atoms with Gasteiger partial charge in [-0.3, -0.25) is 4.79 Å². The lowest BCUT2D eigenvalue weighted by Gasteiger charge is -2.19. The Kier molecular flexibility index (Phi) is 6.28. The number of carbonyl (C=O) groups is 2. The molecular weight excluding hydrogens is 333 g/mol. The van der Waals surface area contributed by atoms with E-state index in [1.54, 1.807) is 12.1 Å². The molecule has 1 amide bonds. The summed E-state index contributed by atoms with van der Waals surface area (Å²) in [5.41, 5.74) is 2.36. The van der Waals surface area contributed by atoms with Crippen LogP contribution in [0, 0.1) is 5.82 Å². The van der Waals surface area contributed by atoms with Crippen LogP contribution in [0.25, 0.3) is 6.08 Å². The van der Waals surface area contributed by atoms with Crippen molar-refractivity contribution in [2.45, 2.75) is 26.2 Å². The van der Waals surface area contributed by atoms with Crippen molar-refractivity contribution in [2.24, 2.45) is 0 Å². The van der Waals surface area contributed by atoms with Crippen LogP contribution < -0.4 is 5.32 Å². The number of nitrogens with one attached hydrogen (secondary N) is 1. The summed E-state index contributed by atoms with van der Waals surface area (Å²) >= 11 is 0. The van der Waals surface area contributed by atoms with Gasteiger partial charge in [-0.2, -0.15) is 0 Å². The summed E-state index contributed by atoms with van der Waals surface area (Å²) in [4.78, 5) is 23.5. The third kappa shape index (κ3) is 6.16. The molecule has 0 aliphatic heterocycles. The molecule has 0 aliphatic carbocycles. The lowest BCUT2D eigenvalue weighted by atomic mass is 9.87. The van der Waals surface area contributed by atoms with E-state index in [4.69, 9.17) is 4.74 Å². The van der Waals surface area contributed by atoms with E-state index in [0.29, 0.717) is 11.3 Å². The Morgan fingerprint density at radius 1 is 1.12 bits per heavy atom. The Bertz CT molecular complexity index is 805. The maximum atomic E-state index is 13.0. The lowest BCUT2D eigenvalue weighted by molar-refractivity contribution is -0.142. The van der Waals surface area contributed by atoms with Crippen LogP contribution in [-0.4, -0.2) is 18.5 Å². The van der Waals surface area contributed by atoms with Crippen LogP contribution in [0.2, 0.25) is 0 Å². The molecule has 2 rings (SSSR count). The number of ether oxygens (including phenoxy) is 1. The molecule has 0 bridgehead atoms. The molecule has 26 heavy (non-hydrogen) atoms. The molecule has 0 heterocycles. The first-order valence-electron chi connectivity index (χ1n) is 8.25. The van der Waals surface area contributed by atoms with Crippen LogP contribution in [0.1, 0.15) is 31.9 Å². The van der Waals surface area contributed by atoms with Crippen molar-refractivity contribution >= 4 is 23.6 Å². The number of hydrogen-bond donors (Lipinski definition) is 1. The first-order valence-corrected chi connectivity index (χ1v) is 8.25. The molecule has 0 saturated carbocycles. The molecule has 0 unspecified atom stereocenters. The Labute approximate surface area is 152 Å². The molecule has 136 valence electrons. The highest BCUT2D eigenvalue weighted by atomic mass is 19.1. The average Bonchev–Trinajstić information content (AvgIpc) is 2.58. The quantitative estimate of drug-likeness (QED) is 0.642. The van der Waals surface area contributed by atoms with E-state index in [0.717, 1.165) is 11.6 Å². The summed E-state index contributed by atoms with van der Waals surface area (Å²) in [5.74, 6) is -1.49. The van der Waals surface area contributed by atoms with Crippen molar-refractivity contribution in [3.05, 3.63) is 71.6 Å². The highest BCUT2D eigenvalue weighted by molar-refractivity contribution is 5.94. The highest BCUT2D eigenvalue weighted by Crippen LogP contribution is 2.23. The monoisotopic (exact) mass is 355 g/mol. The molecule has 0 spiro atoms. The Morgan fingerprint density at radius 3 is 2.42 bits per heavy atom. The SMILES string of the molecule is CC(C)(C)c1ccc(NC(=O)COC(=O)/C=C/c2cccc(F)c2)cc1. The second kappa shape index (κ2) is 8.43. The minimum Gasteiger partial charge on any atom is -0.452 e. The minimum absolute atomic E-state index is 0.0338. The number of carbonyl (C=O) groups excluding carboxylic acids is 2. The van der Waals surface area contributed by atoms with E-state index in [9.17, 15) is 14.0 Å². The Hall–Kier alpha value is -2.95.